The number of hydrogen-bond donors (Lipinski definition) is 2. The van der Waals surface area contributed by atoms with Crippen molar-refractivity contribution in [1.29, 1.82) is 0 Å². The van der Waals surface area contributed by atoms with Crippen LogP contribution >= 0.6 is 11.6 Å². The Kier molecular flexibility index (Phi) is 5.90. The van der Waals surface area contributed by atoms with Crippen LogP contribution in [0, 0.1) is 0 Å². The zero-order valence-electron chi connectivity index (χ0n) is 16.4. The maximum absolute atomic E-state index is 13.2. The van der Waals surface area contributed by atoms with Crippen LogP contribution in [0.15, 0.2) is 36.5 Å². The molecule has 7 nitrogen and oxygen atoms in total. The molecule has 4 rings (SSSR count). The maximum Gasteiger partial charge on any atom is 0.435 e. The third kappa shape index (κ3) is 4.68. The van der Waals surface area contributed by atoms with Gasteiger partial charge in [0.1, 0.15) is 5.15 Å². The molecule has 3 aromatic rings. The molecule has 3 heterocycles. The first-order valence-electron chi connectivity index (χ1n) is 9.82. The van der Waals surface area contributed by atoms with Crippen molar-refractivity contribution in [2.45, 2.75) is 32.0 Å². The number of carbonyl (C=O) groups excluding carboxylic acids is 1. The predicted molar refractivity (Wildman–Crippen MR) is 112 cm³/mol. The molecule has 0 radical (unpaired) electrons. The Balaban J connectivity index is 1.50. The van der Waals surface area contributed by atoms with E-state index < -0.39 is 17.9 Å². The van der Waals surface area contributed by atoms with Gasteiger partial charge in [-0.25, -0.2) is 9.78 Å². The van der Waals surface area contributed by atoms with Gasteiger partial charge >= 0.3 is 12.2 Å². The highest BCUT2D eigenvalue weighted by Gasteiger charge is 2.35. The summed E-state index contributed by atoms with van der Waals surface area (Å²) in [5.41, 5.74) is -0.208. The third-order valence-electron chi connectivity index (χ3n) is 5.09. The highest BCUT2D eigenvalue weighted by atomic mass is 35.5. The Bertz CT molecular complexity index is 1090. The van der Waals surface area contributed by atoms with Crippen LogP contribution in [0.5, 0.6) is 0 Å². The average Bonchev–Trinajstić information content (AvgIpc) is 3.19. The highest BCUT2D eigenvalue weighted by Crippen LogP contribution is 2.29. The summed E-state index contributed by atoms with van der Waals surface area (Å²) in [5, 5.41) is 12.5. The van der Waals surface area contributed by atoms with Gasteiger partial charge in [-0.3, -0.25) is 5.01 Å². The van der Waals surface area contributed by atoms with Crippen molar-refractivity contribution in [3.63, 3.8) is 0 Å². The van der Waals surface area contributed by atoms with E-state index in [1.54, 1.807) is 29.3 Å². The monoisotopic (exact) mass is 452 g/mol. The van der Waals surface area contributed by atoms with Crippen molar-refractivity contribution in [1.82, 2.24) is 20.2 Å². The highest BCUT2D eigenvalue weighted by molar-refractivity contribution is 6.34. The smallest absolute Gasteiger partial charge is 0.332 e. The van der Waals surface area contributed by atoms with E-state index in [0.29, 0.717) is 34.7 Å². The molecule has 11 heteroatoms. The van der Waals surface area contributed by atoms with E-state index >= 15 is 0 Å². The van der Waals surface area contributed by atoms with Crippen LogP contribution in [0.3, 0.4) is 0 Å². The number of rotatable bonds is 4. The van der Waals surface area contributed by atoms with Gasteiger partial charge in [0.25, 0.3) is 0 Å². The van der Waals surface area contributed by atoms with Gasteiger partial charge in [-0.05, 0) is 37.5 Å². The molecule has 0 bridgehead atoms. The molecular formula is C20H20ClF3N6O. The Labute approximate surface area is 181 Å². The van der Waals surface area contributed by atoms with Crippen molar-refractivity contribution in [3.8, 4) is 0 Å². The first kappa shape index (κ1) is 21.2. The predicted octanol–water partition coefficient (Wildman–Crippen LogP) is 4.55. The number of benzene rings is 1. The summed E-state index contributed by atoms with van der Waals surface area (Å²) < 4.78 is 39.6. The first-order chi connectivity index (χ1) is 14.8. The number of fused-ring (bicyclic) bond motifs is 1. The van der Waals surface area contributed by atoms with Gasteiger partial charge in [0.15, 0.2) is 5.69 Å². The molecule has 0 unspecified atom stereocenters. The first-order valence-corrected chi connectivity index (χ1v) is 10.2. The number of carbonyl (C=O) groups is 1. The molecular weight excluding hydrogens is 433 g/mol. The fraction of sp³-hybridized carbons (Fsp3) is 0.350. The van der Waals surface area contributed by atoms with Crippen molar-refractivity contribution >= 4 is 34.1 Å². The Morgan fingerprint density at radius 3 is 2.65 bits per heavy atom. The second kappa shape index (κ2) is 8.62. The number of nitrogens with zero attached hydrogens (tertiary/aromatic N) is 4. The van der Waals surface area contributed by atoms with Gasteiger partial charge in [0.05, 0.1) is 17.9 Å². The minimum Gasteiger partial charge on any atom is -0.332 e. The fourth-order valence-corrected chi connectivity index (χ4v) is 3.82. The molecule has 0 saturated carbocycles. The number of alkyl halides is 3. The zero-order chi connectivity index (χ0) is 22.0. The molecule has 2 N–H and O–H groups in total. The average molecular weight is 453 g/mol. The molecule has 1 aromatic carbocycles. The number of anilines is 1. The summed E-state index contributed by atoms with van der Waals surface area (Å²) in [6, 6.07) is 7.35. The Morgan fingerprint density at radius 1 is 1.13 bits per heavy atom. The molecule has 1 saturated heterocycles. The summed E-state index contributed by atoms with van der Waals surface area (Å²) in [6.45, 7) is 1.12. The molecule has 0 aliphatic carbocycles. The summed E-state index contributed by atoms with van der Waals surface area (Å²) >= 11 is 6.09. The maximum atomic E-state index is 13.2. The number of hydrogen-bond acceptors (Lipinski definition) is 4. The molecule has 1 aliphatic rings. The SMILES string of the molecule is O=C(NCc1cc(C(F)(F)F)nn1N1CCCCC1)Nc1cccc2c(Cl)nccc12. The fourth-order valence-electron chi connectivity index (χ4n) is 3.60. The molecule has 31 heavy (non-hydrogen) atoms. The van der Waals surface area contributed by atoms with Crippen LogP contribution in [0.2, 0.25) is 5.15 Å². The lowest BCUT2D eigenvalue weighted by molar-refractivity contribution is -0.141. The minimum atomic E-state index is -4.56. The molecule has 0 spiro atoms. The number of nitrogens with one attached hydrogen (secondary N) is 2. The number of amides is 2. The Hall–Kier alpha value is -3.01. The molecule has 1 aliphatic heterocycles. The second-order valence-electron chi connectivity index (χ2n) is 7.23. The summed E-state index contributed by atoms with van der Waals surface area (Å²) in [4.78, 5) is 17.7. The van der Waals surface area contributed by atoms with Crippen molar-refractivity contribution in [2.75, 3.05) is 23.4 Å². The van der Waals surface area contributed by atoms with Gasteiger partial charge in [0.2, 0.25) is 0 Å². The lowest BCUT2D eigenvalue weighted by Crippen LogP contribution is -2.42. The van der Waals surface area contributed by atoms with Gasteiger partial charge in [0, 0.05) is 30.1 Å². The molecule has 164 valence electrons. The molecule has 2 aromatic heterocycles. The van der Waals surface area contributed by atoms with E-state index in [4.69, 9.17) is 11.6 Å². The second-order valence-corrected chi connectivity index (χ2v) is 7.59. The lowest BCUT2D eigenvalue weighted by atomic mass is 10.1. The normalized spacial score (nSPS) is 14.6. The van der Waals surface area contributed by atoms with Gasteiger partial charge in [-0.15, -0.1) is 5.10 Å². The summed E-state index contributed by atoms with van der Waals surface area (Å²) in [6.07, 6.45) is -0.234. The summed E-state index contributed by atoms with van der Waals surface area (Å²) in [7, 11) is 0. The molecule has 2 amide bonds. The van der Waals surface area contributed by atoms with E-state index in [1.807, 2.05) is 0 Å². The van der Waals surface area contributed by atoms with Crippen molar-refractivity contribution < 1.29 is 18.0 Å². The van der Waals surface area contributed by atoms with Crippen LogP contribution in [-0.2, 0) is 12.7 Å². The van der Waals surface area contributed by atoms with Crippen molar-refractivity contribution in [2.24, 2.45) is 0 Å². The van der Waals surface area contributed by atoms with Gasteiger partial charge < -0.3 is 10.6 Å². The van der Waals surface area contributed by atoms with E-state index in [-0.39, 0.29) is 12.2 Å². The molecule has 0 atom stereocenters. The number of piperidine rings is 1. The Morgan fingerprint density at radius 2 is 1.90 bits per heavy atom. The van der Waals surface area contributed by atoms with Crippen LogP contribution in [0.25, 0.3) is 10.8 Å². The van der Waals surface area contributed by atoms with Gasteiger partial charge in [-0.2, -0.15) is 18.0 Å². The van der Waals surface area contributed by atoms with Crippen LogP contribution < -0.4 is 15.6 Å². The van der Waals surface area contributed by atoms with Crippen LogP contribution in [-0.4, -0.2) is 34.0 Å². The van der Waals surface area contributed by atoms with E-state index in [2.05, 4.69) is 20.7 Å². The summed E-state index contributed by atoms with van der Waals surface area (Å²) in [5.74, 6) is 0. The third-order valence-corrected chi connectivity index (χ3v) is 5.39. The number of urea groups is 1. The number of halogens is 4. The zero-order valence-corrected chi connectivity index (χ0v) is 17.2. The van der Waals surface area contributed by atoms with E-state index in [9.17, 15) is 18.0 Å². The van der Waals surface area contributed by atoms with Gasteiger partial charge in [-0.1, -0.05) is 23.7 Å². The van der Waals surface area contributed by atoms with E-state index in [0.717, 1.165) is 25.3 Å². The lowest BCUT2D eigenvalue weighted by Gasteiger charge is -2.29. The van der Waals surface area contributed by atoms with E-state index in [1.165, 1.54) is 11.0 Å². The van der Waals surface area contributed by atoms with Crippen LogP contribution in [0.1, 0.15) is 30.7 Å². The standard InChI is InChI=1S/C20H20ClF3N6O/c21-18-15-5-4-6-16(14(15)7-8-25-18)27-19(31)26-12-13-11-17(20(22,23)24)28-30(13)29-9-2-1-3-10-29/h4-8,11H,1-3,9-10,12H2,(H2,26,27,31). The molecule has 1 fully saturated rings. The minimum absolute atomic E-state index is 0.113. The largest absolute Gasteiger partial charge is 0.435 e. The topological polar surface area (TPSA) is 75.1 Å². The quantitative estimate of drug-likeness (QED) is 0.570. The number of pyridine rings is 1. The van der Waals surface area contributed by atoms with Crippen LogP contribution in [0.4, 0.5) is 23.7 Å². The van der Waals surface area contributed by atoms with Crippen molar-refractivity contribution in [3.05, 3.63) is 53.1 Å². The number of aromatic nitrogens is 3.